The van der Waals surface area contributed by atoms with E-state index >= 15 is 0 Å². The van der Waals surface area contributed by atoms with Crippen LogP contribution in [0.3, 0.4) is 0 Å². The second kappa shape index (κ2) is 8.06. The van der Waals surface area contributed by atoms with E-state index in [0.717, 1.165) is 18.4 Å². The highest BCUT2D eigenvalue weighted by Gasteiger charge is 2.34. The van der Waals surface area contributed by atoms with Crippen molar-refractivity contribution < 1.29 is 13.2 Å². The lowest BCUT2D eigenvalue weighted by Crippen LogP contribution is -2.40. The van der Waals surface area contributed by atoms with E-state index in [1.165, 1.54) is 19.1 Å². The number of benzene rings is 1. The minimum absolute atomic E-state index is 0. The van der Waals surface area contributed by atoms with Gasteiger partial charge >= 0.3 is 0 Å². The highest BCUT2D eigenvalue weighted by Crippen LogP contribution is 2.32. The SMILES string of the molecule is CC(NC(=O)CC1CC2CCC(C1)N2)c1ccc(S(C)(=O)=O)cc1.Cl. The van der Waals surface area contributed by atoms with Crippen molar-refractivity contribution >= 4 is 28.2 Å². The molecule has 3 atom stereocenters. The molecular formula is C18H27ClN2O3S. The number of sulfone groups is 1. The Morgan fingerprint density at radius 1 is 1.20 bits per heavy atom. The summed E-state index contributed by atoms with van der Waals surface area (Å²) in [6, 6.07) is 7.81. The first-order chi connectivity index (χ1) is 11.3. The van der Waals surface area contributed by atoms with Gasteiger partial charge in [0.2, 0.25) is 5.91 Å². The van der Waals surface area contributed by atoms with Crippen LogP contribution in [0.15, 0.2) is 29.2 Å². The first-order valence-electron chi connectivity index (χ1n) is 8.66. The van der Waals surface area contributed by atoms with Gasteiger partial charge in [0.05, 0.1) is 10.9 Å². The van der Waals surface area contributed by atoms with Crippen LogP contribution in [-0.4, -0.2) is 32.7 Å². The summed E-state index contributed by atoms with van der Waals surface area (Å²) in [4.78, 5) is 12.6. The van der Waals surface area contributed by atoms with Crippen molar-refractivity contribution in [3.63, 3.8) is 0 Å². The van der Waals surface area contributed by atoms with Crippen molar-refractivity contribution in [2.24, 2.45) is 5.92 Å². The summed E-state index contributed by atoms with van der Waals surface area (Å²) in [5.41, 5.74) is 0.918. The molecule has 2 bridgehead atoms. The van der Waals surface area contributed by atoms with Crippen LogP contribution in [-0.2, 0) is 14.6 Å². The number of rotatable bonds is 5. The average molecular weight is 387 g/mol. The molecular weight excluding hydrogens is 360 g/mol. The van der Waals surface area contributed by atoms with Crippen LogP contribution in [0.2, 0.25) is 0 Å². The fourth-order valence-electron chi connectivity index (χ4n) is 3.99. The maximum Gasteiger partial charge on any atom is 0.220 e. The van der Waals surface area contributed by atoms with Gasteiger partial charge < -0.3 is 10.6 Å². The first-order valence-corrected chi connectivity index (χ1v) is 10.6. The Labute approximate surface area is 156 Å². The zero-order valence-corrected chi connectivity index (χ0v) is 16.3. The summed E-state index contributed by atoms with van der Waals surface area (Å²) in [6.07, 6.45) is 6.46. The highest BCUT2D eigenvalue weighted by molar-refractivity contribution is 7.90. The van der Waals surface area contributed by atoms with Crippen molar-refractivity contribution in [1.29, 1.82) is 0 Å². The second-order valence-electron chi connectivity index (χ2n) is 7.31. The van der Waals surface area contributed by atoms with Crippen LogP contribution in [0, 0.1) is 5.92 Å². The Morgan fingerprint density at radius 2 is 1.76 bits per heavy atom. The van der Waals surface area contributed by atoms with Crippen LogP contribution in [0.4, 0.5) is 0 Å². The Kier molecular flexibility index (Phi) is 6.51. The van der Waals surface area contributed by atoms with Gasteiger partial charge in [-0.2, -0.15) is 0 Å². The molecule has 7 heteroatoms. The number of carbonyl (C=O) groups excluding carboxylic acids is 1. The molecule has 5 nitrogen and oxygen atoms in total. The number of piperidine rings is 1. The summed E-state index contributed by atoms with van der Waals surface area (Å²) >= 11 is 0. The largest absolute Gasteiger partial charge is 0.350 e. The lowest BCUT2D eigenvalue weighted by atomic mass is 9.89. The monoisotopic (exact) mass is 386 g/mol. The molecule has 2 heterocycles. The van der Waals surface area contributed by atoms with Gasteiger partial charge in [-0.15, -0.1) is 12.4 Å². The number of amides is 1. The minimum atomic E-state index is -3.19. The minimum Gasteiger partial charge on any atom is -0.350 e. The third kappa shape index (κ3) is 5.19. The maximum absolute atomic E-state index is 12.3. The number of carbonyl (C=O) groups is 1. The molecule has 3 rings (SSSR count). The number of halogens is 1. The van der Waals surface area contributed by atoms with Crippen LogP contribution in [0.5, 0.6) is 0 Å². The molecule has 2 aliphatic rings. The molecule has 2 aliphatic heterocycles. The van der Waals surface area contributed by atoms with Gasteiger partial charge in [-0.1, -0.05) is 12.1 Å². The van der Waals surface area contributed by atoms with E-state index in [4.69, 9.17) is 0 Å². The number of fused-ring (bicyclic) bond motifs is 2. The molecule has 0 radical (unpaired) electrons. The third-order valence-corrected chi connectivity index (χ3v) is 6.36. The predicted molar refractivity (Wildman–Crippen MR) is 101 cm³/mol. The lowest BCUT2D eigenvalue weighted by molar-refractivity contribution is -0.122. The summed E-state index contributed by atoms with van der Waals surface area (Å²) in [6.45, 7) is 1.93. The molecule has 0 spiro atoms. The zero-order valence-electron chi connectivity index (χ0n) is 14.7. The predicted octanol–water partition coefficient (Wildman–Crippen LogP) is 2.61. The molecule has 140 valence electrons. The van der Waals surface area contributed by atoms with E-state index in [1.807, 2.05) is 6.92 Å². The van der Waals surface area contributed by atoms with E-state index in [-0.39, 0.29) is 24.4 Å². The van der Waals surface area contributed by atoms with Crippen molar-refractivity contribution in [2.45, 2.75) is 62.0 Å². The lowest BCUT2D eigenvalue weighted by Gasteiger charge is -2.29. The van der Waals surface area contributed by atoms with Gasteiger partial charge in [-0.05, 0) is 56.2 Å². The van der Waals surface area contributed by atoms with Crippen LogP contribution in [0.25, 0.3) is 0 Å². The van der Waals surface area contributed by atoms with Crippen molar-refractivity contribution in [3.05, 3.63) is 29.8 Å². The van der Waals surface area contributed by atoms with Crippen molar-refractivity contribution in [1.82, 2.24) is 10.6 Å². The standard InChI is InChI=1S/C18H26N2O3S.ClH/c1-12(14-3-7-17(8-4-14)24(2,22)23)19-18(21)11-13-9-15-5-6-16(10-13)20-15;/h3-4,7-8,12-13,15-16,20H,5-6,9-11H2,1-2H3,(H,19,21);1H. The van der Waals surface area contributed by atoms with E-state index in [9.17, 15) is 13.2 Å². The van der Waals surface area contributed by atoms with E-state index in [2.05, 4.69) is 10.6 Å². The summed E-state index contributed by atoms with van der Waals surface area (Å²) in [7, 11) is -3.19. The quantitative estimate of drug-likeness (QED) is 0.815. The fraction of sp³-hybridized carbons (Fsp3) is 0.611. The fourth-order valence-corrected chi connectivity index (χ4v) is 4.62. The number of hydrogen-bond donors (Lipinski definition) is 2. The Morgan fingerprint density at radius 3 is 2.28 bits per heavy atom. The number of hydrogen-bond acceptors (Lipinski definition) is 4. The van der Waals surface area contributed by atoms with E-state index in [1.54, 1.807) is 24.3 Å². The summed E-state index contributed by atoms with van der Waals surface area (Å²) < 4.78 is 23.0. The van der Waals surface area contributed by atoms with Gasteiger partial charge in [0.15, 0.2) is 9.84 Å². The molecule has 2 fully saturated rings. The molecule has 0 aromatic heterocycles. The third-order valence-electron chi connectivity index (χ3n) is 5.23. The summed E-state index contributed by atoms with van der Waals surface area (Å²) in [5.74, 6) is 0.560. The van der Waals surface area contributed by atoms with Crippen LogP contribution in [0.1, 0.15) is 50.6 Å². The molecule has 3 unspecified atom stereocenters. The smallest absolute Gasteiger partial charge is 0.220 e. The Bertz CT molecular complexity index is 694. The number of nitrogens with one attached hydrogen (secondary N) is 2. The Balaban J connectivity index is 0.00000225. The molecule has 1 aromatic rings. The van der Waals surface area contributed by atoms with E-state index < -0.39 is 9.84 Å². The molecule has 1 aromatic carbocycles. The maximum atomic E-state index is 12.3. The van der Waals surface area contributed by atoms with Crippen molar-refractivity contribution in [3.8, 4) is 0 Å². The molecule has 0 aliphatic carbocycles. The Hall–Kier alpha value is -1.11. The second-order valence-corrected chi connectivity index (χ2v) is 9.33. The zero-order chi connectivity index (χ0) is 17.3. The highest BCUT2D eigenvalue weighted by atomic mass is 35.5. The molecule has 2 saturated heterocycles. The summed E-state index contributed by atoms with van der Waals surface area (Å²) in [5, 5.41) is 6.64. The van der Waals surface area contributed by atoms with Gasteiger partial charge in [-0.3, -0.25) is 4.79 Å². The van der Waals surface area contributed by atoms with Gasteiger partial charge in [0, 0.05) is 24.8 Å². The van der Waals surface area contributed by atoms with Gasteiger partial charge in [-0.25, -0.2) is 8.42 Å². The molecule has 1 amide bonds. The topological polar surface area (TPSA) is 75.3 Å². The normalized spacial score (nSPS) is 26.6. The molecule has 2 N–H and O–H groups in total. The van der Waals surface area contributed by atoms with E-state index in [0.29, 0.717) is 29.3 Å². The van der Waals surface area contributed by atoms with Gasteiger partial charge in [0.1, 0.15) is 0 Å². The van der Waals surface area contributed by atoms with Gasteiger partial charge in [0.25, 0.3) is 0 Å². The van der Waals surface area contributed by atoms with Crippen LogP contribution < -0.4 is 10.6 Å². The molecule has 25 heavy (non-hydrogen) atoms. The van der Waals surface area contributed by atoms with Crippen LogP contribution >= 0.6 is 12.4 Å². The first kappa shape index (κ1) is 20.2. The molecule has 0 saturated carbocycles. The average Bonchev–Trinajstić information content (AvgIpc) is 2.85. The van der Waals surface area contributed by atoms with Crippen molar-refractivity contribution in [2.75, 3.05) is 6.26 Å².